The topological polar surface area (TPSA) is 15.6 Å². The molecule has 0 amide bonds. The highest BCUT2D eigenvalue weighted by molar-refractivity contribution is 7.55. The number of aliphatic imine (C=N–C) groups is 1. The van der Waals surface area contributed by atoms with E-state index in [9.17, 15) is 0 Å². The molecule has 1 heterocycles. The molecule has 0 aromatic carbocycles. The second kappa shape index (κ2) is 3.16. The van der Waals surface area contributed by atoms with Crippen molar-refractivity contribution in [3.05, 3.63) is 0 Å². The van der Waals surface area contributed by atoms with Gasteiger partial charge in [-0.25, -0.2) is 0 Å². The van der Waals surface area contributed by atoms with Crippen LogP contribution < -0.4 is 0 Å². The lowest BCUT2D eigenvalue weighted by atomic mass is 10.6. The van der Waals surface area contributed by atoms with E-state index in [1.54, 1.807) is 0 Å². The largest absolute Gasteiger partial charge is 0.358 e. The van der Waals surface area contributed by atoms with Crippen molar-refractivity contribution in [3.8, 4) is 0 Å². The standard InChI is InChI=1S/C7H14N2P/c1-9-5-4-8-7(9)6-10(2)3/h2,4-6H2,1,3H3/q+1. The Bertz CT molecular complexity index is 174. The lowest BCUT2D eigenvalue weighted by Crippen LogP contribution is -2.24. The van der Waals surface area contributed by atoms with Crippen molar-refractivity contribution in [2.45, 2.75) is 0 Å². The van der Waals surface area contributed by atoms with Gasteiger partial charge >= 0.3 is 0 Å². The summed E-state index contributed by atoms with van der Waals surface area (Å²) in [5.74, 6) is 1.25. The smallest absolute Gasteiger partial charge is 0.162 e. The maximum Gasteiger partial charge on any atom is 0.162 e. The number of rotatable bonds is 2. The highest BCUT2D eigenvalue weighted by atomic mass is 31.1. The summed E-state index contributed by atoms with van der Waals surface area (Å²) in [6.07, 6.45) is 5.08. The Hall–Kier alpha value is -0.360. The van der Waals surface area contributed by atoms with Gasteiger partial charge in [0.25, 0.3) is 0 Å². The molecule has 1 unspecified atom stereocenters. The van der Waals surface area contributed by atoms with Gasteiger partial charge in [0.2, 0.25) is 0 Å². The average Bonchev–Trinajstić information content (AvgIpc) is 2.15. The maximum absolute atomic E-state index is 4.38. The van der Waals surface area contributed by atoms with Crippen LogP contribution in [-0.4, -0.2) is 50.0 Å². The summed E-state index contributed by atoms with van der Waals surface area (Å²) in [5, 5.41) is 0. The van der Waals surface area contributed by atoms with Crippen LogP contribution in [-0.2, 0) is 0 Å². The van der Waals surface area contributed by atoms with Crippen LogP contribution in [0.2, 0.25) is 0 Å². The Balaban J connectivity index is 2.47. The zero-order valence-electron chi connectivity index (χ0n) is 6.67. The molecule has 0 N–H and O–H groups in total. The Morgan fingerprint density at radius 3 is 2.90 bits per heavy atom. The van der Waals surface area contributed by atoms with Crippen LogP contribution in [0.5, 0.6) is 0 Å². The molecule has 2 nitrogen and oxygen atoms in total. The van der Waals surface area contributed by atoms with Crippen molar-refractivity contribution in [1.29, 1.82) is 0 Å². The molecule has 1 atom stereocenters. The van der Waals surface area contributed by atoms with Crippen molar-refractivity contribution in [2.24, 2.45) is 4.99 Å². The summed E-state index contributed by atoms with van der Waals surface area (Å²) in [5.41, 5.74) is 0. The van der Waals surface area contributed by atoms with Gasteiger partial charge in [-0.3, -0.25) is 4.99 Å². The number of likely N-dealkylation sites (N-methyl/N-ethyl adjacent to an activating group) is 1. The summed E-state index contributed by atoms with van der Waals surface area (Å²) in [6.45, 7) is 4.26. The lowest BCUT2D eigenvalue weighted by molar-refractivity contribution is 0.554. The van der Waals surface area contributed by atoms with Gasteiger partial charge in [-0.15, -0.1) is 0 Å². The minimum Gasteiger partial charge on any atom is -0.358 e. The first-order chi connectivity index (χ1) is 4.70. The SMILES string of the molecule is C=[P+](C)CC1=NCCN1C. The third-order valence-electron chi connectivity index (χ3n) is 1.58. The van der Waals surface area contributed by atoms with Crippen LogP contribution in [0, 0.1) is 0 Å². The number of amidine groups is 1. The van der Waals surface area contributed by atoms with E-state index in [1.807, 2.05) is 0 Å². The van der Waals surface area contributed by atoms with Crippen molar-refractivity contribution in [1.82, 2.24) is 4.90 Å². The highest BCUT2D eigenvalue weighted by Crippen LogP contribution is 2.15. The van der Waals surface area contributed by atoms with Gasteiger partial charge in [0.1, 0.15) is 5.84 Å². The summed E-state index contributed by atoms with van der Waals surface area (Å²) >= 11 is 0. The minimum absolute atomic E-state index is 0.0606. The molecule has 0 radical (unpaired) electrons. The van der Waals surface area contributed by atoms with Gasteiger partial charge in [0.05, 0.1) is 27.1 Å². The first-order valence-electron chi connectivity index (χ1n) is 3.46. The number of hydrogen-bond acceptors (Lipinski definition) is 2. The average molecular weight is 157 g/mol. The second-order valence-electron chi connectivity index (χ2n) is 2.73. The fraction of sp³-hybridized carbons (Fsp3) is 0.714. The van der Waals surface area contributed by atoms with Gasteiger partial charge in [-0.2, -0.15) is 0 Å². The zero-order valence-corrected chi connectivity index (χ0v) is 7.56. The summed E-state index contributed by atoms with van der Waals surface area (Å²) in [6, 6.07) is 0. The fourth-order valence-corrected chi connectivity index (χ4v) is 1.82. The van der Waals surface area contributed by atoms with Gasteiger partial charge in [0, 0.05) is 13.6 Å². The number of hydrogen-bond donors (Lipinski definition) is 0. The number of nitrogens with zero attached hydrogens (tertiary/aromatic N) is 2. The van der Waals surface area contributed by atoms with Crippen LogP contribution in [0.25, 0.3) is 0 Å². The van der Waals surface area contributed by atoms with Crippen LogP contribution in [0.15, 0.2) is 4.99 Å². The molecule has 1 aliphatic rings. The van der Waals surface area contributed by atoms with E-state index in [1.165, 1.54) is 5.84 Å². The monoisotopic (exact) mass is 157 g/mol. The molecule has 0 aromatic heterocycles. The molecule has 0 bridgehead atoms. The first kappa shape index (κ1) is 7.74. The molecule has 0 aliphatic carbocycles. The minimum atomic E-state index is -0.0606. The third-order valence-corrected chi connectivity index (χ3v) is 2.40. The maximum atomic E-state index is 4.38. The molecular weight excluding hydrogens is 143 g/mol. The quantitative estimate of drug-likeness (QED) is 0.543. The van der Waals surface area contributed by atoms with E-state index in [4.69, 9.17) is 0 Å². The van der Waals surface area contributed by atoms with Gasteiger partial charge in [-0.1, -0.05) is 0 Å². The summed E-state index contributed by atoms with van der Waals surface area (Å²) in [7, 11) is 2.04. The molecule has 1 aliphatic heterocycles. The Morgan fingerprint density at radius 1 is 1.80 bits per heavy atom. The van der Waals surface area contributed by atoms with Gasteiger partial charge in [-0.05, 0) is 0 Å². The van der Waals surface area contributed by atoms with Crippen LogP contribution in [0.3, 0.4) is 0 Å². The molecule has 56 valence electrons. The van der Waals surface area contributed by atoms with E-state index in [2.05, 4.69) is 29.9 Å². The molecule has 1 rings (SSSR count). The van der Waals surface area contributed by atoms with Crippen molar-refractivity contribution in [3.63, 3.8) is 0 Å². The fourth-order valence-electron chi connectivity index (χ4n) is 0.991. The van der Waals surface area contributed by atoms with Crippen LogP contribution >= 0.6 is 7.55 Å². The molecule has 0 fully saturated rings. The van der Waals surface area contributed by atoms with E-state index in [0.29, 0.717) is 0 Å². The molecule has 3 heteroatoms. The zero-order chi connectivity index (χ0) is 7.56. The first-order valence-corrected chi connectivity index (χ1v) is 5.62. The third kappa shape index (κ3) is 1.81. The molecule has 0 spiro atoms. The molecule has 0 saturated heterocycles. The van der Waals surface area contributed by atoms with E-state index >= 15 is 0 Å². The summed E-state index contributed by atoms with van der Waals surface area (Å²) < 4.78 is 0. The lowest BCUT2D eigenvalue weighted by Gasteiger charge is -2.09. The molecule has 10 heavy (non-hydrogen) atoms. The predicted molar refractivity (Wildman–Crippen MR) is 49.8 cm³/mol. The van der Waals surface area contributed by atoms with Gasteiger partial charge < -0.3 is 4.90 Å². The van der Waals surface area contributed by atoms with Gasteiger partial charge in [0.15, 0.2) is 6.16 Å². The predicted octanol–water partition coefficient (Wildman–Crippen LogP) is 0.874. The van der Waals surface area contributed by atoms with E-state index in [0.717, 1.165) is 19.3 Å². The summed E-state index contributed by atoms with van der Waals surface area (Å²) in [4.78, 5) is 6.60. The normalized spacial score (nSPS) is 19.2. The Kier molecular flexibility index (Phi) is 2.44. The Morgan fingerprint density at radius 2 is 2.50 bits per heavy atom. The molecule has 0 saturated carbocycles. The van der Waals surface area contributed by atoms with E-state index < -0.39 is 0 Å². The van der Waals surface area contributed by atoms with Crippen molar-refractivity contribution >= 4 is 19.7 Å². The molecule has 0 aromatic rings. The molecular formula is C7H14N2P+. The Labute approximate surface area is 63.3 Å². The highest BCUT2D eigenvalue weighted by Gasteiger charge is 2.15. The van der Waals surface area contributed by atoms with Crippen molar-refractivity contribution in [2.75, 3.05) is 33.0 Å². The van der Waals surface area contributed by atoms with Crippen molar-refractivity contribution < 1.29 is 0 Å². The van der Waals surface area contributed by atoms with Crippen LogP contribution in [0.1, 0.15) is 0 Å². The second-order valence-corrected chi connectivity index (χ2v) is 4.76. The van der Waals surface area contributed by atoms with Crippen LogP contribution in [0.4, 0.5) is 0 Å². The van der Waals surface area contributed by atoms with E-state index in [-0.39, 0.29) is 7.55 Å².